The van der Waals surface area contributed by atoms with E-state index in [1.807, 2.05) is 30.3 Å². The standard InChI is InChI=1S/C31H36FN5O3/c1-31(2,3)19-28(38)23-8-6-7-22(17-23)21-36-13-15-37(16-14-36)29(39)24-10-11-27(26(32)18-24)35-30(40)34-20-25-9-4-5-12-33-25/h4-12,17-18H,13-16,19-21H2,1-3H3,(H2,34,35,40). The molecule has 1 aliphatic heterocycles. The quantitative estimate of drug-likeness (QED) is 0.383. The summed E-state index contributed by atoms with van der Waals surface area (Å²) in [6, 6.07) is 16.6. The van der Waals surface area contributed by atoms with Gasteiger partial charge in [-0.1, -0.05) is 45.0 Å². The lowest BCUT2D eigenvalue weighted by Crippen LogP contribution is -2.48. The zero-order valence-corrected chi connectivity index (χ0v) is 23.2. The second-order valence-corrected chi connectivity index (χ2v) is 11.3. The second-order valence-electron chi connectivity index (χ2n) is 11.3. The van der Waals surface area contributed by atoms with Crippen molar-refractivity contribution in [3.05, 3.63) is 95.1 Å². The summed E-state index contributed by atoms with van der Waals surface area (Å²) in [6.45, 7) is 9.43. The number of Topliss-reactive ketones (excluding diaryl/α,β-unsaturated/α-hetero) is 1. The summed E-state index contributed by atoms with van der Waals surface area (Å²) in [4.78, 5) is 45.9. The van der Waals surface area contributed by atoms with Gasteiger partial charge in [0.05, 0.1) is 17.9 Å². The van der Waals surface area contributed by atoms with Crippen molar-refractivity contribution in [3.8, 4) is 0 Å². The van der Waals surface area contributed by atoms with Gasteiger partial charge >= 0.3 is 6.03 Å². The van der Waals surface area contributed by atoms with E-state index in [2.05, 4.69) is 41.3 Å². The molecule has 8 nitrogen and oxygen atoms in total. The van der Waals surface area contributed by atoms with Gasteiger partial charge in [0.15, 0.2) is 5.78 Å². The number of nitrogens with zero attached hydrogens (tertiary/aromatic N) is 3. The molecule has 3 aromatic rings. The number of carbonyl (C=O) groups excluding carboxylic acids is 3. The predicted molar refractivity (Wildman–Crippen MR) is 153 cm³/mol. The Morgan fingerprint density at radius 2 is 1.70 bits per heavy atom. The van der Waals surface area contributed by atoms with Crippen molar-refractivity contribution < 1.29 is 18.8 Å². The van der Waals surface area contributed by atoms with Crippen molar-refractivity contribution in [3.63, 3.8) is 0 Å². The summed E-state index contributed by atoms with van der Waals surface area (Å²) in [7, 11) is 0. The van der Waals surface area contributed by atoms with Gasteiger partial charge in [0.1, 0.15) is 5.82 Å². The van der Waals surface area contributed by atoms with Crippen LogP contribution in [0.15, 0.2) is 66.9 Å². The number of hydrogen-bond donors (Lipinski definition) is 2. The van der Waals surface area contributed by atoms with Crippen molar-refractivity contribution in [2.75, 3.05) is 31.5 Å². The molecule has 9 heteroatoms. The van der Waals surface area contributed by atoms with Crippen molar-refractivity contribution >= 4 is 23.4 Å². The maximum atomic E-state index is 14.7. The number of halogens is 1. The van der Waals surface area contributed by atoms with E-state index in [9.17, 15) is 18.8 Å². The van der Waals surface area contributed by atoms with Crippen molar-refractivity contribution in [1.29, 1.82) is 0 Å². The van der Waals surface area contributed by atoms with E-state index in [1.165, 1.54) is 12.1 Å². The van der Waals surface area contributed by atoms with Crippen LogP contribution in [0.2, 0.25) is 0 Å². The van der Waals surface area contributed by atoms with Gasteiger partial charge in [0.2, 0.25) is 0 Å². The Balaban J connectivity index is 1.27. The third-order valence-corrected chi connectivity index (χ3v) is 6.63. The first kappa shape index (κ1) is 28.9. The van der Waals surface area contributed by atoms with E-state index >= 15 is 0 Å². The number of aromatic nitrogens is 1. The zero-order chi connectivity index (χ0) is 28.7. The molecule has 1 aliphatic rings. The average Bonchev–Trinajstić information content (AvgIpc) is 2.93. The van der Waals surface area contributed by atoms with Gasteiger partial charge < -0.3 is 15.5 Å². The first-order valence-corrected chi connectivity index (χ1v) is 13.5. The van der Waals surface area contributed by atoms with Gasteiger partial charge in [-0.05, 0) is 47.4 Å². The number of ketones is 1. The van der Waals surface area contributed by atoms with Gasteiger partial charge in [-0.25, -0.2) is 9.18 Å². The lowest BCUT2D eigenvalue weighted by atomic mass is 9.87. The van der Waals surface area contributed by atoms with Gasteiger partial charge in [0.25, 0.3) is 5.91 Å². The minimum atomic E-state index is -0.682. The number of nitrogens with one attached hydrogen (secondary N) is 2. The fourth-order valence-corrected chi connectivity index (χ4v) is 4.57. The van der Waals surface area contributed by atoms with Gasteiger partial charge in [-0.2, -0.15) is 0 Å². The molecule has 0 aliphatic carbocycles. The highest BCUT2D eigenvalue weighted by atomic mass is 19.1. The highest BCUT2D eigenvalue weighted by Gasteiger charge is 2.24. The van der Waals surface area contributed by atoms with Crippen molar-refractivity contribution in [2.45, 2.75) is 40.3 Å². The Labute approximate surface area is 234 Å². The smallest absolute Gasteiger partial charge is 0.319 e. The van der Waals surface area contributed by atoms with E-state index in [4.69, 9.17) is 0 Å². The molecule has 210 valence electrons. The van der Waals surface area contributed by atoms with Crippen LogP contribution in [-0.2, 0) is 13.1 Å². The van der Waals surface area contributed by atoms with E-state index in [1.54, 1.807) is 23.2 Å². The molecule has 2 aromatic carbocycles. The first-order chi connectivity index (χ1) is 19.1. The molecule has 2 N–H and O–H groups in total. The molecular formula is C31H36FN5O3. The minimum absolute atomic E-state index is 0.0110. The predicted octanol–water partition coefficient (Wildman–Crippen LogP) is 5.12. The molecule has 0 bridgehead atoms. The topological polar surface area (TPSA) is 94.6 Å². The highest BCUT2D eigenvalue weighted by Crippen LogP contribution is 2.23. The summed E-state index contributed by atoms with van der Waals surface area (Å²) in [5, 5.41) is 5.10. The highest BCUT2D eigenvalue weighted by molar-refractivity contribution is 5.97. The lowest BCUT2D eigenvalue weighted by molar-refractivity contribution is 0.0627. The zero-order valence-electron chi connectivity index (χ0n) is 23.2. The van der Waals surface area contributed by atoms with Crippen LogP contribution in [0.5, 0.6) is 0 Å². The molecular weight excluding hydrogens is 509 g/mol. The number of amides is 3. The number of rotatable bonds is 8. The SMILES string of the molecule is CC(C)(C)CC(=O)c1cccc(CN2CCN(C(=O)c3ccc(NC(=O)NCc4ccccn4)c(F)c3)CC2)c1. The fraction of sp³-hybridized carbons (Fsp3) is 0.355. The number of hydrogen-bond acceptors (Lipinski definition) is 5. The summed E-state index contributed by atoms with van der Waals surface area (Å²) in [6.07, 6.45) is 2.12. The molecule has 2 heterocycles. The van der Waals surface area contributed by atoms with E-state index in [-0.39, 0.29) is 34.9 Å². The molecule has 1 aromatic heterocycles. The molecule has 0 spiro atoms. The molecule has 3 amide bonds. The van der Waals surface area contributed by atoms with Crippen LogP contribution >= 0.6 is 0 Å². The molecule has 0 atom stereocenters. The molecule has 0 radical (unpaired) electrons. The van der Waals surface area contributed by atoms with Crippen LogP contribution in [0, 0.1) is 11.2 Å². The maximum Gasteiger partial charge on any atom is 0.319 e. The van der Waals surface area contributed by atoms with Crippen LogP contribution in [0.4, 0.5) is 14.9 Å². The normalized spacial score (nSPS) is 14.1. The number of carbonyl (C=O) groups is 3. The Bertz CT molecular complexity index is 1350. The molecule has 4 rings (SSSR count). The average molecular weight is 546 g/mol. The van der Waals surface area contributed by atoms with E-state index in [0.717, 1.165) is 17.2 Å². The molecule has 40 heavy (non-hydrogen) atoms. The number of urea groups is 1. The summed E-state index contributed by atoms with van der Waals surface area (Å²) in [5.41, 5.74) is 2.63. The van der Waals surface area contributed by atoms with Crippen molar-refractivity contribution in [1.82, 2.24) is 20.1 Å². The number of piperazine rings is 1. The van der Waals surface area contributed by atoms with Crippen LogP contribution in [0.25, 0.3) is 0 Å². The Morgan fingerprint density at radius 3 is 2.38 bits per heavy atom. The maximum absolute atomic E-state index is 14.7. The van der Waals surface area contributed by atoms with Crippen LogP contribution in [0.1, 0.15) is 59.2 Å². The summed E-state index contributed by atoms with van der Waals surface area (Å²) >= 11 is 0. The van der Waals surface area contributed by atoms with Gasteiger partial charge in [0, 0.05) is 56.5 Å². The largest absolute Gasteiger partial charge is 0.336 e. The molecule has 1 fully saturated rings. The van der Waals surface area contributed by atoms with Gasteiger partial charge in [-0.15, -0.1) is 0 Å². The second kappa shape index (κ2) is 12.8. The minimum Gasteiger partial charge on any atom is -0.336 e. The third-order valence-electron chi connectivity index (χ3n) is 6.63. The summed E-state index contributed by atoms with van der Waals surface area (Å²) in [5.74, 6) is -0.791. The van der Waals surface area contributed by atoms with Crippen LogP contribution in [0.3, 0.4) is 0 Å². The third kappa shape index (κ3) is 8.19. The molecule has 0 saturated carbocycles. The number of pyridine rings is 1. The van der Waals surface area contributed by atoms with E-state index < -0.39 is 11.8 Å². The number of anilines is 1. The number of benzene rings is 2. The van der Waals surface area contributed by atoms with Gasteiger partial charge in [-0.3, -0.25) is 19.5 Å². The summed E-state index contributed by atoms with van der Waals surface area (Å²) < 4.78 is 14.7. The first-order valence-electron chi connectivity index (χ1n) is 13.5. The fourth-order valence-electron chi connectivity index (χ4n) is 4.57. The van der Waals surface area contributed by atoms with Crippen LogP contribution in [-0.4, -0.2) is 58.7 Å². The molecule has 1 saturated heterocycles. The monoisotopic (exact) mass is 545 g/mol. The van der Waals surface area contributed by atoms with E-state index in [0.29, 0.717) is 44.8 Å². The Hall–Kier alpha value is -4.11. The Morgan fingerprint density at radius 1 is 0.925 bits per heavy atom. The van der Waals surface area contributed by atoms with Crippen molar-refractivity contribution in [2.24, 2.45) is 5.41 Å². The Kier molecular flexibility index (Phi) is 9.26. The molecule has 0 unspecified atom stereocenters. The van der Waals surface area contributed by atoms with Crippen LogP contribution < -0.4 is 10.6 Å². The lowest BCUT2D eigenvalue weighted by Gasteiger charge is -2.35.